The second-order valence-corrected chi connectivity index (χ2v) is 4.71. The molecular formula is C13H15N5O. The number of hydrogen-bond acceptors (Lipinski definition) is 3. The van der Waals surface area contributed by atoms with Gasteiger partial charge in [-0.15, -0.1) is 0 Å². The summed E-state index contributed by atoms with van der Waals surface area (Å²) >= 11 is 0. The van der Waals surface area contributed by atoms with Gasteiger partial charge in [-0.25, -0.2) is 9.89 Å². The normalized spacial score (nSPS) is 16.4. The van der Waals surface area contributed by atoms with Gasteiger partial charge in [-0.3, -0.25) is 5.32 Å². The third-order valence-electron chi connectivity index (χ3n) is 3.53. The van der Waals surface area contributed by atoms with Gasteiger partial charge in [0.1, 0.15) is 6.33 Å². The van der Waals surface area contributed by atoms with Crippen LogP contribution in [0, 0.1) is 0 Å². The molecule has 1 saturated carbocycles. The summed E-state index contributed by atoms with van der Waals surface area (Å²) in [6.07, 6.45) is 4.39. The van der Waals surface area contributed by atoms with E-state index < -0.39 is 0 Å². The van der Waals surface area contributed by atoms with Crippen LogP contribution in [0.1, 0.15) is 24.8 Å². The van der Waals surface area contributed by atoms with E-state index in [1.807, 2.05) is 30.3 Å². The van der Waals surface area contributed by atoms with E-state index in [1.54, 1.807) is 0 Å². The molecular weight excluding hydrogens is 242 g/mol. The number of urea groups is 1. The first kappa shape index (κ1) is 11.7. The summed E-state index contributed by atoms with van der Waals surface area (Å²) in [6.45, 7) is 0. The number of nitrogens with one attached hydrogen (secondary N) is 3. The second kappa shape index (κ2) is 4.72. The average molecular weight is 257 g/mol. The van der Waals surface area contributed by atoms with Crippen molar-refractivity contribution >= 4 is 12.0 Å². The van der Waals surface area contributed by atoms with Gasteiger partial charge in [-0.2, -0.15) is 10.1 Å². The van der Waals surface area contributed by atoms with Crippen LogP contribution in [0.2, 0.25) is 0 Å². The topological polar surface area (TPSA) is 82.7 Å². The Morgan fingerprint density at radius 2 is 2.05 bits per heavy atom. The first-order valence-corrected chi connectivity index (χ1v) is 6.29. The molecule has 1 heterocycles. The van der Waals surface area contributed by atoms with Crippen molar-refractivity contribution in [1.82, 2.24) is 20.5 Å². The van der Waals surface area contributed by atoms with E-state index in [1.165, 1.54) is 6.33 Å². The van der Waals surface area contributed by atoms with Gasteiger partial charge in [0.15, 0.2) is 0 Å². The maximum Gasteiger partial charge on any atom is 0.322 e. The molecule has 0 bridgehead atoms. The molecule has 3 N–H and O–H groups in total. The fraction of sp³-hybridized carbons (Fsp3) is 0.308. The number of rotatable bonds is 3. The van der Waals surface area contributed by atoms with Gasteiger partial charge in [0, 0.05) is 0 Å². The minimum absolute atomic E-state index is 0.245. The number of carbonyl (C=O) groups excluding carboxylic acids is 1. The van der Waals surface area contributed by atoms with E-state index >= 15 is 0 Å². The number of benzene rings is 1. The Morgan fingerprint density at radius 3 is 2.63 bits per heavy atom. The molecule has 1 aromatic carbocycles. The van der Waals surface area contributed by atoms with Crippen LogP contribution < -0.4 is 10.6 Å². The molecule has 6 nitrogen and oxygen atoms in total. The standard InChI is InChI=1S/C13H15N5O/c19-12(16-11-14-9-15-18-11)17-13(7-4-8-13)10-5-2-1-3-6-10/h1-3,5-6,9H,4,7-8H2,(H3,14,15,16,17,18,19). The molecule has 0 radical (unpaired) electrons. The van der Waals surface area contributed by atoms with E-state index in [9.17, 15) is 4.79 Å². The first-order chi connectivity index (χ1) is 9.28. The summed E-state index contributed by atoms with van der Waals surface area (Å²) in [7, 11) is 0. The monoisotopic (exact) mass is 257 g/mol. The Morgan fingerprint density at radius 1 is 1.26 bits per heavy atom. The molecule has 1 aromatic heterocycles. The quantitative estimate of drug-likeness (QED) is 0.786. The van der Waals surface area contributed by atoms with Gasteiger partial charge in [-0.05, 0) is 24.8 Å². The first-order valence-electron chi connectivity index (χ1n) is 6.29. The molecule has 6 heteroatoms. The molecule has 0 unspecified atom stereocenters. The van der Waals surface area contributed by atoms with Gasteiger partial charge in [0.25, 0.3) is 0 Å². The highest BCUT2D eigenvalue weighted by atomic mass is 16.2. The number of aromatic nitrogens is 3. The summed E-state index contributed by atoms with van der Waals surface area (Å²) < 4.78 is 0. The second-order valence-electron chi connectivity index (χ2n) is 4.71. The molecule has 98 valence electrons. The number of H-pyrrole nitrogens is 1. The minimum Gasteiger partial charge on any atom is -0.328 e. The van der Waals surface area contributed by atoms with Crippen LogP contribution in [0.5, 0.6) is 0 Å². The average Bonchev–Trinajstić information content (AvgIpc) is 2.88. The lowest BCUT2D eigenvalue weighted by Gasteiger charge is -2.42. The maximum absolute atomic E-state index is 12.0. The highest BCUT2D eigenvalue weighted by molar-refractivity contribution is 5.88. The van der Waals surface area contributed by atoms with Gasteiger partial charge in [0.05, 0.1) is 5.54 Å². The van der Waals surface area contributed by atoms with Crippen LogP contribution in [-0.2, 0) is 5.54 Å². The van der Waals surface area contributed by atoms with Crippen molar-refractivity contribution in [2.75, 3.05) is 5.32 Å². The van der Waals surface area contributed by atoms with Gasteiger partial charge < -0.3 is 5.32 Å². The third kappa shape index (κ3) is 2.29. The van der Waals surface area contributed by atoms with Crippen molar-refractivity contribution in [2.24, 2.45) is 0 Å². The van der Waals surface area contributed by atoms with Crippen molar-refractivity contribution in [3.63, 3.8) is 0 Å². The predicted octanol–water partition coefficient (Wildman–Crippen LogP) is 2.01. The zero-order valence-corrected chi connectivity index (χ0v) is 10.4. The predicted molar refractivity (Wildman–Crippen MR) is 70.5 cm³/mol. The third-order valence-corrected chi connectivity index (χ3v) is 3.53. The zero-order chi connectivity index (χ0) is 13.1. The summed E-state index contributed by atoms with van der Waals surface area (Å²) in [4.78, 5) is 15.8. The SMILES string of the molecule is O=C(Nc1ncn[nH]1)NC1(c2ccccc2)CCC1. The van der Waals surface area contributed by atoms with Gasteiger partial charge in [-0.1, -0.05) is 30.3 Å². The van der Waals surface area contributed by atoms with Crippen molar-refractivity contribution in [1.29, 1.82) is 0 Å². The fourth-order valence-corrected chi connectivity index (χ4v) is 2.40. The van der Waals surface area contributed by atoms with Crippen molar-refractivity contribution in [3.8, 4) is 0 Å². The fourth-order valence-electron chi connectivity index (χ4n) is 2.40. The van der Waals surface area contributed by atoms with Gasteiger partial charge >= 0.3 is 6.03 Å². The Balaban J connectivity index is 1.72. The van der Waals surface area contributed by atoms with Crippen LogP contribution in [0.3, 0.4) is 0 Å². The number of nitrogens with zero attached hydrogens (tertiary/aromatic N) is 2. The highest BCUT2D eigenvalue weighted by Crippen LogP contribution is 2.41. The van der Waals surface area contributed by atoms with E-state index in [-0.39, 0.29) is 11.6 Å². The maximum atomic E-state index is 12.0. The number of anilines is 1. The van der Waals surface area contributed by atoms with Crippen LogP contribution in [0.25, 0.3) is 0 Å². The molecule has 2 amide bonds. The van der Waals surface area contributed by atoms with Crippen molar-refractivity contribution in [2.45, 2.75) is 24.8 Å². The highest BCUT2D eigenvalue weighted by Gasteiger charge is 2.39. The summed E-state index contributed by atoms with van der Waals surface area (Å²) in [5.74, 6) is 0.347. The molecule has 3 rings (SSSR count). The number of aromatic amines is 1. The molecule has 1 fully saturated rings. The number of carbonyl (C=O) groups is 1. The Labute approximate surface area is 110 Å². The summed E-state index contributed by atoms with van der Waals surface area (Å²) in [5, 5.41) is 12.0. The lowest BCUT2D eigenvalue weighted by atomic mass is 9.72. The molecule has 2 aromatic rings. The van der Waals surface area contributed by atoms with Crippen LogP contribution in [0.4, 0.5) is 10.7 Å². The molecule has 0 spiro atoms. The van der Waals surface area contributed by atoms with Crippen LogP contribution >= 0.6 is 0 Å². The molecule has 0 aliphatic heterocycles. The zero-order valence-electron chi connectivity index (χ0n) is 10.4. The van der Waals surface area contributed by atoms with Crippen LogP contribution in [-0.4, -0.2) is 21.2 Å². The lowest BCUT2D eigenvalue weighted by Crippen LogP contribution is -2.52. The summed E-state index contributed by atoms with van der Waals surface area (Å²) in [6, 6.07) is 9.80. The molecule has 1 aliphatic carbocycles. The van der Waals surface area contributed by atoms with Crippen molar-refractivity contribution in [3.05, 3.63) is 42.2 Å². The van der Waals surface area contributed by atoms with Crippen molar-refractivity contribution < 1.29 is 4.79 Å². The van der Waals surface area contributed by atoms with Gasteiger partial charge in [0.2, 0.25) is 5.95 Å². The van der Waals surface area contributed by atoms with E-state index in [0.717, 1.165) is 24.8 Å². The molecule has 19 heavy (non-hydrogen) atoms. The number of hydrogen-bond donors (Lipinski definition) is 3. The molecule has 0 saturated heterocycles. The van der Waals surface area contributed by atoms with E-state index in [4.69, 9.17) is 0 Å². The minimum atomic E-state index is -0.264. The van der Waals surface area contributed by atoms with E-state index in [2.05, 4.69) is 25.8 Å². The molecule has 1 aliphatic rings. The Bertz CT molecular complexity index is 548. The Hall–Kier alpha value is -2.37. The number of amides is 2. The van der Waals surface area contributed by atoms with E-state index in [0.29, 0.717) is 5.95 Å². The Kier molecular flexibility index (Phi) is 2.91. The smallest absolute Gasteiger partial charge is 0.322 e. The summed E-state index contributed by atoms with van der Waals surface area (Å²) in [5.41, 5.74) is 0.903. The largest absolute Gasteiger partial charge is 0.328 e. The lowest BCUT2D eigenvalue weighted by molar-refractivity contribution is 0.185. The van der Waals surface area contributed by atoms with Crippen LogP contribution in [0.15, 0.2) is 36.7 Å². The molecule has 0 atom stereocenters.